The van der Waals surface area contributed by atoms with E-state index in [9.17, 15) is 4.79 Å². The number of carbonyl (C=O) groups is 1. The number of hydrogen-bond donors (Lipinski definition) is 2. The SMILES string of the molecule is CC(C)CC1(CNC(=O)C2CCC(C)C(N)C2)CCCC1. The molecule has 21 heavy (non-hydrogen) atoms. The molecule has 0 saturated heterocycles. The Labute approximate surface area is 130 Å². The van der Waals surface area contributed by atoms with Gasteiger partial charge < -0.3 is 11.1 Å². The molecule has 0 aromatic rings. The average Bonchev–Trinajstić information content (AvgIpc) is 2.87. The largest absolute Gasteiger partial charge is 0.355 e. The normalized spacial score (nSPS) is 32.3. The summed E-state index contributed by atoms with van der Waals surface area (Å²) in [6, 6.07) is 0.200. The number of rotatable bonds is 5. The third-order valence-electron chi connectivity index (χ3n) is 5.77. The molecule has 3 N–H and O–H groups in total. The van der Waals surface area contributed by atoms with Gasteiger partial charge in [-0.3, -0.25) is 4.79 Å². The highest BCUT2D eigenvalue weighted by Gasteiger charge is 2.36. The van der Waals surface area contributed by atoms with Gasteiger partial charge in [0.15, 0.2) is 0 Å². The summed E-state index contributed by atoms with van der Waals surface area (Å²) in [5.74, 6) is 1.68. The van der Waals surface area contributed by atoms with E-state index in [-0.39, 0.29) is 17.9 Å². The Balaban J connectivity index is 1.84. The lowest BCUT2D eigenvalue weighted by Gasteiger charge is -2.34. The van der Waals surface area contributed by atoms with E-state index in [1.807, 2.05) is 0 Å². The standard InChI is InChI=1S/C18H34N2O/c1-13(2)11-18(8-4-5-9-18)12-20-17(21)15-7-6-14(3)16(19)10-15/h13-16H,4-12,19H2,1-3H3,(H,20,21). The molecule has 0 aliphatic heterocycles. The van der Waals surface area contributed by atoms with Crippen LogP contribution < -0.4 is 11.1 Å². The molecular formula is C18H34N2O. The third kappa shape index (κ3) is 4.45. The fourth-order valence-electron chi connectivity index (χ4n) is 4.46. The second-order valence-corrected chi connectivity index (χ2v) is 8.17. The number of nitrogens with one attached hydrogen (secondary N) is 1. The van der Waals surface area contributed by atoms with Crippen LogP contribution in [0.4, 0.5) is 0 Å². The van der Waals surface area contributed by atoms with E-state index >= 15 is 0 Å². The van der Waals surface area contributed by atoms with Gasteiger partial charge in [-0.1, -0.05) is 33.6 Å². The van der Waals surface area contributed by atoms with E-state index in [1.165, 1.54) is 32.1 Å². The summed E-state index contributed by atoms with van der Waals surface area (Å²) >= 11 is 0. The maximum Gasteiger partial charge on any atom is 0.223 e. The van der Waals surface area contributed by atoms with Crippen molar-refractivity contribution in [2.45, 2.75) is 78.2 Å². The van der Waals surface area contributed by atoms with Gasteiger partial charge in [0.2, 0.25) is 5.91 Å². The van der Waals surface area contributed by atoms with E-state index in [1.54, 1.807) is 0 Å². The van der Waals surface area contributed by atoms with Crippen molar-refractivity contribution in [2.75, 3.05) is 6.54 Å². The first-order chi connectivity index (χ1) is 9.92. The third-order valence-corrected chi connectivity index (χ3v) is 5.77. The van der Waals surface area contributed by atoms with Gasteiger partial charge in [0, 0.05) is 18.5 Å². The van der Waals surface area contributed by atoms with Crippen LogP contribution in [0.15, 0.2) is 0 Å². The van der Waals surface area contributed by atoms with E-state index < -0.39 is 0 Å². The quantitative estimate of drug-likeness (QED) is 0.815. The van der Waals surface area contributed by atoms with Crippen LogP contribution in [-0.4, -0.2) is 18.5 Å². The molecule has 122 valence electrons. The first kappa shape index (κ1) is 16.8. The van der Waals surface area contributed by atoms with Gasteiger partial charge in [-0.15, -0.1) is 0 Å². The summed E-state index contributed by atoms with van der Waals surface area (Å²) in [6.07, 6.45) is 9.44. The van der Waals surface area contributed by atoms with Crippen LogP contribution in [0.1, 0.15) is 72.1 Å². The molecule has 0 spiro atoms. The zero-order chi connectivity index (χ0) is 15.5. The van der Waals surface area contributed by atoms with Crippen LogP contribution in [0, 0.1) is 23.2 Å². The Kier molecular flexibility index (Phi) is 5.70. The maximum atomic E-state index is 12.5. The highest BCUT2D eigenvalue weighted by molar-refractivity contribution is 5.78. The van der Waals surface area contributed by atoms with Gasteiger partial charge in [0.1, 0.15) is 0 Å². The molecule has 0 bridgehead atoms. The summed E-state index contributed by atoms with van der Waals surface area (Å²) < 4.78 is 0. The van der Waals surface area contributed by atoms with Gasteiger partial charge in [-0.05, 0) is 55.8 Å². The number of hydrogen-bond acceptors (Lipinski definition) is 2. The fraction of sp³-hybridized carbons (Fsp3) is 0.944. The van der Waals surface area contributed by atoms with Crippen LogP contribution in [0.5, 0.6) is 0 Å². The number of amides is 1. The second-order valence-electron chi connectivity index (χ2n) is 8.17. The predicted octanol–water partition coefficient (Wildman–Crippen LogP) is 3.47. The fourth-order valence-corrected chi connectivity index (χ4v) is 4.46. The highest BCUT2D eigenvalue weighted by atomic mass is 16.1. The molecule has 2 saturated carbocycles. The molecule has 2 aliphatic carbocycles. The van der Waals surface area contributed by atoms with E-state index in [4.69, 9.17) is 5.73 Å². The lowest BCUT2D eigenvalue weighted by molar-refractivity contribution is -0.127. The number of carbonyl (C=O) groups excluding carboxylic acids is 1. The van der Waals surface area contributed by atoms with E-state index in [0.29, 0.717) is 17.3 Å². The molecule has 0 aromatic heterocycles. The first-order valence-electron chi connectivity index (χ1n) is 8.95. The van der Waals surface area contributed by atoms with Crippen molar-refractivity contribution in [2.24, 2.45) is 28.9 Å². The van der Waals surface area contributed by atoms with Gasteiger partial charge in [-0.25, -0.2) is 0 Å². The molecule has 3 heteroatoms. The Morgan fingerprint density at radius 2 is 1.95 bits per heavy atom. The van der Waals surface area contributed by atoms with E-state index in [0.717, 1.165) is 25.8 Å². The van der Waals surface area contributed by atoms with Crippen molar-refractivity contribution < 1.29 is 4.79 Å². The second kappa shape index (κ2) is 7.13. The van der Waals surface area contributed by atoms with Crippen LogP contribution in [0.3, 0.4) is 0 Å². The summed E-state index contributed by atoms with van der Waals surface area (Å²) in [5, 5.41) is 3.28. The smallest absolute Gasteiger partial charge is 0.223 e. The van der Waals surface area contributed by atoms with Crippen LogP contribution in [0.25, 0.3) is 0 Å². The molecule has 3 unspecified atom stereocenters. The maximum absolute atomic E-state index is 12.5. The Hall–Kier alpha value is -0.570. The van der Waals surface area contributed by atoms with Gasteiger partial charge in [0.25, 0.3) is 0 Å². The molecule has 3 atom stereocenters. The molecule has 2 fully saturated rings. The molecule has 2 aliphatic rings. The molecule has 1 amide bonds. The van der Waals surface area contributed by atoms with Crippen molar-refractivity contribution in [1.29, 1.82) is 0 Å². The zero-order valence-electron chi connectivity index (χ0n) is 14.2. The summed E-state index contributed by atoms with van der Waals surface area (Å²) in [4.78, 5) is 12.5. The van der Waals surface area contributed by atoms with Gasteiger partial charge in [-0.2, -0.15) is 0 Å². The predicted molar refractivity (Wildman–Crippen MR) is 87.8 cm³/mol. The number of nitrogens with two attached hydrogens (primary N) is 1. The van der Waals surface area contributed by atoms with E-state index in [2.05, 4.69) is 26.1 Å². The lowest BCUT2D eigenvalue weighted by Crippen LogP contribution is -2.44. The minimum Gasteiger partial charge on any atom is -0.355 e. The Morgan fingerprint density at radius 3 is 2.52 bits per heavy atom. The summed E-state index contributed by atoms with van der Waals surface area (Å²) in [7, 11) is 0. The minimum absolute atomic E-state index is 0.147. The lowest BCUT2D eigenvalue weighted by atomic mass is 9.77. The van der Waals surface area contributed by atoms with Crippen LogP contribution >= 0.6 is 0 Å². The van der Waals surface area contributed by atoms with Crippen molar-refractivity contribution in [1.82, 2.24) is 5.32 Å². The molecule has 0 aromatic carbocycles. The topological polar surface area (TPSA) is 55.1 Å². The van der Waals surface area contributed by atoms with Crippen molar-refractivity contribution >= 4 is 5.91 Å². The van der Waals surface area contributed by atoms with Gasteiger partial charge in [0.05, 0.1) is 0 Å². The first-order valence-corrected chi connectivity index (χ1v) is 8.95. The molecule has 0 heterocycles. The molecule has 0 radical (unpaired) electrons. The van der Waals surface area contributed by atoms with Crippen molar-refractivity contribution in [3.05, 3.63) is 0 Å². The van der Waals surface area contributed by atoms with Crippen LogP contribution in [-0.2, 0) is 4.79 Å². The van der Waals surface area contributed by atoms with Crippen molar-refractivity contribution in [3.63, 3.8) is 0 Å². The minimum atomic E-state index is 0.147. The average molecular weight is 294 g/mol. The molecular weight excluding hydrogens is 260 g/mol. The van der Waals surface area contributed by atoms with Crippen LogP contribution in [0.2, 0.25) is 0 Å². The molecule has 2 rings (SSSR count). The molecule has 3 nitrogen and oxygen atoms in total. The Bertz CT molecular complexity index is 347. The monoisotopic (exact) mass is 294 g/mol. The van der Waals surface area contributed by atoms with Crippen molar-refractivity contribution in [3.8, 4) is 0 Å². The van der Waals surface area contributed by atoms with Gasteiger partial charge >= 0.3 is 0 Å². The summed E-state index contributed by atoms with van der Waals surface area (Å²) in [5.41, 5.74) is 6.51. The zero-order valence-corrected chi connectivity index (χ0v) is 14.2. The summed E-state index contributed by atoms with van der Waals surface area (Å²) in [6.45, 7) is 7.67. The highest BCUT2D eigenvalue weighted by Crippen LogP contribution is 2.42. The Morgan fingerprint density at radius 1 is 1.29 bits per heavy atom.